The standard InChI is InChI=1S/C14H26N2O/c1-3-14(8-5-9-15-14)13(17)16-12-7-4-6-11(2)10-12/h11-12,15H,3-10H2,1-2H3,(H,16,17). The normalized spacial score (nSPS) is 38.0. The Bertz CT molecular complexity index is 271. The largest absolute Gasteiger partial charge is 0.352 e. The topological polar surface area (TPSA) is 41.1 Å². The second-order valence-corrected chi connectivity index (χ2v) is 5.91. The Morgan fingerprint density at radius 3 is 2.82 bits per heavy atom. The van der Waals surface area contributed by atoms with E-state index in [-0.39, 0.29) is 11.4 Å². The SMILES string of the molecule is CCC1(C(=O)NC2CCCC(C)C2)CCCN1. The molecule has 0 aromatic carbocycles. The molecule has 2 rings (SSSR count). The van der Waals surface area contributed by atoms with Crippen molar-refractivity contribution in [2.45, 2.75) is 70.4 Å². The van der Waals surface area contributed by atoms with Crippen LogP contribution < -0.4 is 10.6 Å². The third-order valence-electron chi connectivity index (χ3n) is 4.55. The van der Waals surface area contributed by atoms with Crippen LogP contribution in [0.2, 0.25) is 0 Å². The van der Waals surface area contributed by atoms with Crippen LogP contribution in [-0.4, -0.2) is 24.0 Å². The van der Waals surface area contributed by atoms with E-state index in [4.69, 9.17) is 0 Å². The van der Waals surface area contributed by atoms with E-state index in [2.05, 4.69) is 24.5 Å². The number of carbonyl (C=O) groups is 1. The Kier molecular flexibility index (Phi) is 4.08. The summed E-state index contributed by atoms with van der Waals surface area (Å²) in [6.07, 6.45) is 7.94. The first-order chi connectivity index (χ1) is 8.16. The molecule has 1 saturated carbocycles. The van der Waals surface area contributed by atoms with Gasteiger partial charge >= 0.3 is 0 Å². The number of rotatable bonds is 3. The highest BCUT2D eigenvalue weighted by Crippen LogP contribution is 2.26. The fourth-order valence-electron chi connectivity index (χ4n) is 3.35. The maximum atomic E-state index is 12.4. The monoisotopic (exact) mass is 238 g/mol. The van der Waals surface area contributed by atoms with Gasteiger partial charge in [0.05, 0.1) is 5.54 Å². The molecule has 3 nitrogen and oxygen atoms in total. The summed E-state index contributed by atoms with van der Waals surface area (Å²) in [5.74, 6) is 1.01. The molecule has 2 aliphatic rings. The average Bonchev–Trinajstić information content (AvgIpc) is 2.78. The summed E-state index contributed by atoms with van der Waals surface area (Å²) in [7, 11) is 0. The Hall–Kier alpha value is -0.570. The van der Waals surface area contributed by atoms with Crippen LogP contribution in [0.25, 0.3) is 0 Å². The third-order valence-corrected chi connectivity index (χ3v) is 4.55. The second kappa shape index (κ2) is 5.38. The summed E-state index contributed by atoms with van der Waals surface area (Å²) >= 11 is 0. The maximum Gasteiger partial charge on any atom is 0.240 e. The molecule has 1 amide bonds. The van der Waals surface area contributed by atoms with E-state index in [9.17, 15) is 4.79 Å². The number of carbonyl (C=O) groups excluding carboxylic acids is 1. The molecule has 0 bridgehead atoms. The van der Waals surface area contributed by atoms with Crippen LogP contribution in [0.5, 0.6) is 0 Å². The molecule has 17 heavy (non-hydrogen) atoms. The van der Waals surface area contributed by atoms with E-state index in [0.717, 1.165) is 44.6 Å². The third kappa shape index (κ3) is 2.82. The van der Waals surface area contributed by atoms with Crippen molar-refractivity contribution in [2.24, 2.45) is 5.92 Å². The van der Waals surface area contributed by atoms with Gasteiger partial charge in [0.2, 0.25) is 5.91 Å². The lowest BCUT2D eigenvalue weighted by Gasteiger charge is -2.33. The van der Waals surface area contributed by atoms with Gasteiger partial charge in [-0.1, -0.05) is 26.7 Å². The van der Waals surface area contributed by atoms with Crippen molar-refractivity contribution in [2.75, 3.05) is 6.54 Å². The first-order valence-corrected chi connectivity index (χ1v) is 7.22. The number of nitrogens with one attached hydrogen (secondary N) is 2. The predicted octanol–water partition coefficient (Wildman–Crippen LogP) is 2.21. The number of amides is 1. The van der Waals surface area contributed by atoms with E-state index in [1.54, 1.807) is 0 Å². The Morgan fingerprint density at radius 2 is 2.24 bits per heavy atom. The molecule has 2 fully saturated rings. The zero-order chi connectivity index (χ0) is 12.3. The molecule has 3 heteroatoms. The van der Waals surface area contributed by atoms with Crippen LogP contribution in [0.15, 0.2) is 0 Å². The number of hydrogen-bond acceptors (Lipinski definition) is 2. The van der Waals surface area contributed by atoms with Gasteiger partial charge in [0.15, 0.2) is 0 Å². The maximum absolute atomic E-state index is 12.4. The van der Waals surface area contributed by atoms with Gasteiger partial charge < -0.3 is 10.6 Å². The lowest BCUT2D eigenvalue weighted by Crippen LogP contribution is -2.55. The smallest absolute Gasteiger partial charge is 0.240 e. The van der Waals surface area contributed by atoms with Crippen LogP contribution in [0, 0.1) is 5.92 Å². The molecule has 98 valence electrons. The van der Waals surface area contributed by atoms with E-state index >= 15 is 0 Å². The number of hydrogen-bond donors (Lipinski definition) is 2. The molecule has 0 radical (unpaired) electrons. The van der Waals surface area contributed by atoms with E-state index in [1.165, 1.54) is 12.8 Å². The summed E-state index contributed by atoms with van der Waals surface area (Å²) in [4.78, 5) is 12.4. The lowest BCUT2D eigenvalue weighted by molar-refractivity contribution is -0.128. The van der Waals surface area contributed by atoms with Crippen LogP contribution >= 0.6 is 0 Å². The van der Waals surface area contributed by atoms with Gasteiger partial charge in [-0.2, -0.15) is 0 Å². The molecule has 0 spiro atoms. The Labute approximate surface area is 105 Å². The van der Waals surface area contributed by atoms with Gasteiger partial charge in [-0.15, -0.1) is 0 Å². The minimum atomic E-state index is -0.263. The molecule has 1 saturated heterocycles. The first kappa shape index (κ1) is 12.9. The molecule has 1 aliphatic carbocycles. The lowest BCUT2D eigenvalue weighted by atomic mass is 9.86. The first-order valence-electron chi connectivity index (χ1n) is 7.22. The molecule has 0 aromatic rings. The van der Waals surface area contributed by atoms with Gasteiger partial charge in [0.1, 0.15) is 0 Å². The molecule has 0 aromatic heterocycles. The van der Waals surface area contributed by atoms with Crippen LogP contribution in [-0.2, 0) is 4.79 Å². The van der Waals surface area contributed by atoms with Crippen LogP contribution in [0.4, 0.5) is 0 Å². The fourth-order valence-corrected chi connectivity index (χ4v) is 3.35. The quantitative estimate of drug-likeness (QED) is 0.791. The second-order valence-electron chi connectivity index (χ2n) is 5.91. The van der Waals surface area contributed by atoms with Crippen LogP contribution in [0.1, 0.15) is 58.8 Å². The molecule has 3 atom stereocenters. The fraction of sp³-hybridized carbons (Fsp3) is 0.929. The molecule has 1 aliphatic heterocycles. The van der Waals surface area contributed by atoms with E-state index in [1.807, 2.05) is 0 Å². The molecular formula is C14H26N2O. The Morgan fingerprint density at radius 1 is 1.41 bits per heavy atom. The van der Waals surface area contributed by atoms with Gasteiger partial charge in [0.25, 0.3) is 0 Å². The molecular weight excluding hydrogens is 212 g/mol. The zero-order valence-electron chi connectivity index (χ0n) is 11.2. The zero-order valence-corrected chi connectivity index (χ0v) is 11.2. The molecule has 2 N–H and O–H groups in total. The predicted molar refractivity (Wildman–Crippen MR) is 69.8 cm³/mol. The molecule has 1 heterocycles. The minimum Gasteiger partial charge on any atom is -0.352 e. The average molecular weight is 238 g/mol. The molecule has 3 unspecified atom stereocenters. The van der Waals surface area contributed by atoms with Gasteiger partial charge in [-0.05, 0) is 44.6 Å². The van der Waals surface area contributed by atoms with Gasteiger partial charge in [-0.3, -0.25) is 4.79 Å². The summed E-state index contributed by atoms with van der Waals surface area (Å²) in [6, 6.07) is 0.414. The van der Waals surface area contributed by atoms with Crippen molar-refractivity contribution < 1.29 is 4.79 Å². The van der Waals surface area contributed by atoms with Crippen molar-refractivity contribution >= 4 is 5.91 Å². The van der Waals surface area contributed by atoms with Crippen molar-refractivity contribution in [1.29, 1.82) is 0 Å². The summed E-state index contributed by atoms with van der Waals surface area (Å²) in [5, 5.41) is 6.69. The summed E-state index contributed by atoms with van der Waals surface area (Å²) in [6.45, 7) is 5.39. The summed E-state index contributed by atoms with van der Waals surface area (Å²) < 4.78 is 0. The Balaban J connectivity index is 1.91. The minimum absolute atomic E-state index is 0.247. The van der Waals surface area contributed by atoms with Gasteiger partial charge in [-0.25, -0.2) is 0 Å². The van der Waals surface area contributed by atoms with E-state index in [0.29, 0.717) is 6.04 Å². The highest BCUT2D eigenvalue weighted by Gasteiger charge is 2.40. The van der Waals surface area contributed by atoms with Crippen LogP contribution in [0.3, 0.4) is 0 Å². The van der Waals surface area contributed by atoms with E-state index < -0.39 is 0 Å². The van der Waals surface area contributed by atoms with Crippen molar-refractivity contribution in [3.05, 3.63) is 0 Å². The summed E-state index contributed by atoms with van der Waals surface area (Å²) in [5.41, 5.74) is -0.263. The highest BCUT2D eigenvalue weighted by atomic mass is 16.2. The van der Waals surface area contributed by atoms with Gasteiger partial charge in [0, 0.05) is 6.04 Å². The van der Waals surface area contributed by atoms with Crippen molar-refractivity contribution in [1.82, 2.24) is 10.6 Å². The highest BCUT2D eigenvalue weighted by molar-refractivity contribution is 5.86. The van der Waals surface area contributed by atoms with Crippen molar-refractivity contribution in [3.63, 3.8) is 0 Å². The van der Waals surface area contributed by atoms with Crippen molar-refractivity contribution in [3.8, 4) is 0 Å².